The van der Waals surface area contributed by atoms with Gasteiger partial charge in [-0.2, -0.15) is 0 Å². The van der Waals surface area contributed by atoms with Gasteiger partial charge in [0.25, 0.3) is 0 Å². The van der Waals surface area contributed by atoms with Crippen molar-refractivity contribution in [2.24, 2.45) is 5.73 Å². The largest absolute Gasteiger partial charge is 0.504 e. The van der Waals surface area contributed by atoms with Gasteiger partial charge in [-0.15, -0.1) is 0 Å². The van der Waals surface area contributed by atoms with Crippen LogP contribution in [0.4, 0.5) is 0 Å². The predicted molar refractivity (Wildman–Crippen MR) is 66.8 cm³/mol. The maximum atomic E-state index is 10.2. The minimum absolute atomic E-state index is 0.186. The summed E-state index contributed by atoms with van der Waals surface area (Å²) in [6.45, 7) is 1.96. The molecule has 0 bridgehead atoms. The van der Waals surface area contributed by atoms with E-state index in [0.29, 0.717) is 5.75 Å². The third-order valence-corrected chi connectivity index (χ3v) is 4.25. The summed E-state index contributed by atoms with van der Waals surface area (Å²) in [6.07, 6.45) is 2.95. The number of ether oxygens (including phenoxy) is 1. The molecule has 3 N–H and O–H groups in total. The number of nitrogens with two attached hydrogens (primary N) is 1. The highest BCUT2D eigenvalue weighted by molar-refractivity contribution is 9.10. The monoisotopic (exact) mass is 285 g/mol. The summed E-state index contributed by atoms with van der Waals surface area (Å²) in [6, 6.07) is 1.77. The minimum atomic E-state index is -0.384. The first-order valence-corrected chi connectivity index (χ1v) is 6.14. The number of hydrogen-bond acceptors (Lipinski definition) is 3. The lowest BCUT2D eigenvalue weighted by molar-refractivity contribution is 0.241. The zero-order valence-corrected chi connectivity index (χ0v) is 11.1. The molecule has 1 saturated carbocycles. The molecular formula is C12H16BrNO2. The predicted octanol–water partition coefficient (Wildman–Crippen LogP) is 2.81. The van der Waals surface area contributed by atoms with Crippen LogP contribution in [-0.4, -0.2) is 12.2 Å². The summed E-state index contributed by atoms with van der Waals surface area (Å²) in [4.78, 5) is 0. The number of hydrogen-bond donors (Lipinski definition) is 2. The Hall–Kier alpha value is -0.740. The molecule has 0 heterocycles. The van der Waals surface area contributed by atoms with Gasteiger partial charge in [-0.25, -0.2) is 0 Å². The van der Waals surface area contributed by atoms with E-state index in [0.717, 1.165) is 34.9 Å². The second-order valence-electron chi connectivity index (χ2n) is 4.42. The Balaban J connectivity index is 2.62. The lowest BCUT2D eigenvalue weighted by Crippen LogP contribution is -2.44. The third-order valence-electron chi connectivity index (χ3n) is 3.42. The SMILES string of the molecule is COc1cc(Br)c(C)c(C2(N)CCC2)c1O. The fraction of sp³-hybridized carbons (Fsp3) is 0.500. The molecular weight excluding hydrogens is 270 g/mol. The molecule has 0 aliphatic heterocycles. The first-order chi connectivity index (χ1) is 7.49. The van der Waals surface area contributed by atoms with Crippen LogP contribution in [0.5, 0.6) is 11.5 Å². The summed E-state index contributed by atoms with van der Waals surface area (Å²) in [5.74, 6) is 0.662. The summed E-state index contributed by atoms with van der Waals surface area (Å²) in [7, 11) is 1.55. The second kappa shape index (κ2) is 3.93. The molecule has 16 heavy (non-hydrogen) atoms. The molecule has 0 radical (unpaired) electrons. The molecule has 0 aromatic heterocycles. The van der Waals surface area contributed by atoms with Gasteiger partial charge in [0.2, 0.25) is 0 Å². The van der Waals surface area contributed by atoms with Gasteiger partial charge in [0.15, 0.2) is 11.5 Å². The van der Waals surface area contributed by atoms with E-state index in [1.165, 1.54) is 0 Å². The topological polar surface area (TPSA) is 55.5 Å². The van der Waals surface area contributed by atoms with Gasteiger partial charge < -0.3 is 15.6 Å². The summed E-state index contributed by atoms with van der Waals surface area (Å²) in [5, 5.41) is 10.2. The second-order valence-corrected chi connectivity index (χ2v) is 5.27. The summed E-state index contributed by atoms with van der Waals surface area (Å²) < 4.78 is 6.07. The van der Waals surface area contributed by atoms with Crippen LogP contribution >= 0.6 is 15.9 Å². The molecule has 0 unspecified atom stereocenters. The van der Waals surface area contributed by atoms with Gasteiger partial charge in [0.05, 0.1) is 7.11 Å². The van der Waals surface area contributed by atoms with E-state index in [1.807, 2.05) is 6.92 Å². The van der Waals surface area contributed by atoms with E-state index in [-0.39, 0.29) is 11.3 Å². The number of phenolic OH excluding ortho intramolecular Hbond substituents is 1. The van der Waals surface area contributed by atoms with Crippen LogP contribution in [0.3, 0.4) is 0 Å². The van der Waals surface area contributed by atoms with Crippen LogP contribution in [0.25, 0.3) is 0 Å². The molecule has 3 nitrogen and oxygen atoms in total. The molecule has 2 rings (SSSR count). The van der Waals surface area contributed by atoms with E-state index in [4.69, 9.17) is 10.5 Å². The highest BCUT2D eigenvalue weighted by Gasteiger charge is 2.39. The highest BCUT2D eigenvalue weighted by atomic mass is 79.9. The van der Waals surface area contributed by atoms with Crippen molar-refractivity contribution < 1.29 is 9.84 Å². The Morgan fingerprint density at radius 2 is 2.12 bits per heavy atom. The Morgan fingerprint density at radius 1 is 1.50 bits per heavy atom. The Kier molecular flexibility index (Phi) is 2.88. The van der Waals surface area contributed by atoms with Crippen LogP contribution in [0.15, 0.2) is 10.5 Å². The van der Waals surface area contributed by atoms with Crippen LogP contribution in [0.1, 0.15) is 30.4 Å². The summed E-state index contributed by atoms with van der Waals surface area (Å²) >= 11 is 3.47. The van der Waals surface area contributed by atoms with Crippen LogP contribution in [0.2, 0.25) is 0 Å². The zero-order chi connectivity index (χ0) is 11.9. The van der Waals surface area contributed by atoms with Crippen molar-refractivity contribution >= 4 is 15.9 Å². The quantitative estimate of drug-likeness (QED) is 0.879. The van der Waals surface area contributed by atoms with E-state index in [9.17, 15) is 5.11 Å². The highest BCUT2D eigenvalue weighted by Crippen LogP contribution is 2.48. The number of aromatic hydroxyl groups is 1. The van der Waals surface area contributed by atoms with Crippen molar-refractivity contribution in [2.45, 2.75) is 31.7 Å². The van der Waals surface area contributed by atoms with E-state index >= 15 is 0 Å². The lowest BCUT2D eigenvalue weighted by Gasteiger charge is -2.40. The number of halogens is 1. The van der Waals surface area contributed by atoms with Crippen molar-refractivity contribution in [2.75, 3.05) is 7.11 Å². The maximum absolute atomic E-state index is 10.2. The molecule has 0 saturated heterocycles. The molecule has 1 aliphatic carbocycles. The average molecular weight is 286 g/mol. The van der Waals surface area contributed by atoms with Gasteiger partial charge >= 0.3 is 0 Å². The molecule has 0 atom stereocenters. The number of phenols is 1. The molecule has 1 aromatic rings. The fourth-order valence-electron chi connectivity index (χ4n) is 2.28. The Labute approximate surface area is 104 Å². The van der Waals surface area contributed by atoms with Crippen molar-refractivity contribution in [3.05, 3.63) is 21.7 Å². The van der Waals surface area contributed by atoms with Gasteiger partial charge in [-0.3, -0.25) is 0 Å². The van der Waals surface area contributed by atoms with E-state index in [1.54, 1.807) is 13.2 Å². The van der Waals surface area contributed by atoms with Crippen molar-refractivity contribution in [3.63, 3.8) is 0 Å². The molecule has 0 amide bonds. The normalized spacial score (nSPS) is 18.0. The lowest BCUT2D eigenvalue weighted by atomic mass is 9.71. The molecule has 1 aromatic carbocycles. The van der Waals surface area contributed by atoms with E-state index < -0.39 is 0 Å². The van der Waals surface area contributed by atoms with Crippen LogP contribution in [-0.2, 0) is 5.54 Å². The molecule has 88 valence electrons. The smallest absolute Gasteiger partial charge is 0.163 e. The molecule has 1 aliphatic rings. The number of benzene rings is 1. The van der Waals surface area contributed by atoms with Crippen LogP contribution < -0.4 is 10.5 Å². The summed E-state index contributed by atoms with van der Waals surface area (Å²) in [5.41, 5.74) is 7.72. The fourth-order valence-corrected chi connectivity index (χ4v) is 2.69. The maximum Gasteiger partial charge on any atom is 0.163 e. The molecule has 1 fully saturated rings. The van der Waals surface area contributed by atoms with Gasteiger partial charge in [-0.1, -0.05) is 15.9 Å². The minimum Gasteiger partial charge on any atom is -0.504 e. The molecule has 0 spiro atoms. The Bertz CT molecular complexity index is 428. The van der Waals surface area contributed by atoms with E-state index in [2.05, 4.69) is 15.9 Å². The molecule has 4 heteroatoms. The van der Waals surface area contributed by atoms with Gasteiger partial charge in [0, 0.05) is 15.6 Å². The van der Waals surface area contributed by atoms with Crippen molar-refractivity contribution in [1.29, 1.82) is 0 Å². The number of methoxy groups -OCH3 is 1. The third kappa shape index (κ3) is 1.60. The average Bonchev–Trinajstić information content (AvgIpc) is 2.21. The number of rotatable bonds is 2. The first-order valence-electron chi connectivity index (χ1n) is 5.35. The van der Waals surface area contributed by atoms with Crippen molar-refractivity contribution in [3.8, 4) is 11.5 Å². The van der Waals surface area contributed by atoms with Crippen LogP contribution in [0, 0.1) is 6.92 Å². The van der Waals surface area contributed by atoms with Gasteiger partial charge in [0.1, 0.15) is 0 Å². The van der Waals surface area contributed by atoms with Gasteiger partial charge in [-0.05, 0) is 37.8 Å². The zero-order valence-electron chi connectivity index (χ0n) is 9.51. The standard InChI is InChI=1S/C12H16BrNO2/c1-7-8(13)6-9(16-2)11(15)10(7)12(14)4-3-5-12/h6,15H,3-5,14H2,1-2H3. The van der Waals surface area contributed by atoms with Crippen molar-refractivity contribution in [1.82, 2.24) is 0 Å². The Morgan fingerprint density at radius 3 is 2.56 bits per heavy atom. The first kappa shape index (κ1) is 11.7.